The second kappa shape index (κ2) is 8.17. The summed E-state index contributed by atoms with van der Waals surface area (Å²) in [6.45, 7) is 0. The predicted octanol–water partition coefficient (Wildman–Crippen LogP) is 4.85. The lowest BCUT2D eigenvalue weighted by atomic mass is 10.2. The monoisotopic (exact) mass is 402 g/mol. The lowest BCUT2D eigenvalue weighted by molar-refractivity contribution is 0.458. The topological polar surface area (TPSA) is 63.6 Å². The molecule has 3 aromatic carbocycles. The summed E-state index contributed by atoms with van der Waals surface area (Å²) in [4.78, 5) is 0.519. The number of rotatable bonds is 7. The van der Waals surface area contributed by atoms with Gasteiger partial charge in [0, 0.05) is 5.75 Å². The quantitative estimate of drug-likeness (QED) is 0.614. The zero-order valence-corrected chi connectivity index (χ0v) is 16.6. The molecule has 4 nitrogen and oxygen atoms in total. The Morgan fingerprint density at radius 2 is 1.22 bits per heavy atom. The number of para-hydroxylation sites is 1. The second-order valence-electron chi connectivity index (χ2n) is 6.36. The molecule has 0 fully saturated rings. The minimum atomic E-state index is -3.85. The Kier molecular flexibility index (Phi) is 5.89. The van der Waals surface area contributed by atoms with Crippen molar-refractivity contribution in [3.63, 3.8) is 0 Å². The highest BCUT2D eigenvalue weighted by molar-refractivity contribution is 8.32. The van der Waals surface area contributed by atoms with E-state index in [0.29, 0.717) is 16.2 Å². The summed E-state index contributed by atoms with van der Waals surface area (Å²) < 4.78 is 31.4. The van der Waals surface area contributed by atoms with Crippen molar-refractivity contribution in [3.05, 3.63) is 96.1 Å². The van der Waals surface area contributed by atoms with E-state index in [-0.39, 0.29) is 11.5 Å². The van der Waals surface area contributed by atoms with Gasteiger partial charge in [0.15, 0.2) is 0 Å². The van der Waals surface area contributed by atoms with E-state index in [0.717, 1.165) is 5.56 Å². The molecule has 0 aliphatic rings. The third-order valence-corrected chi connectivity index (χ3v) is 8.93. The molecule has 0 heterocycles. The lowest BCUT2D eigenvalue weighted by Crippen LogP contribution is -2.15. The minimum Gasteiger partial charge on any atom is -0.507 e. The largest absolute Gasteiger partial charge is 0.507 e. The van der Waals surface area contributed by atoms with E-state index in [9.17, 15) is 13.5 Å². The number of phenols is 1. The van der Waals surface area contributed by atoms with Gasteiger partial charge in [-0.2, -0.15) is 8.42 Å². The van der Waals surface area contributed by atoms with E-state index < -0.39 is 20.4 Å². The fraction of sp³-hybridized carbons (Fsp3) is 0.143. The lowest BCUT2D eigenvalue weighted by Gasteiger charge is -2.35. The van der Waals surface area contributed by atoms with E-state index in [1.54, 1.807) is 54.8 Å². The molecule has 0 radical (unpaired) electrons. The van der Waals surface area contributed by atoms with Gasteiger partial charge in [-0.3, -0.25) is 0 Å². The maximum absolute atomic E-state index is 12.8. The first-order valence-electron chi connectivity index (χ1n) is 8.44. The van der Waals surface area contributed by atoms with Crippen LogP contribution in [0.4, 0.5) is 0 Å². The van der Waals surface area contributed by atoms with E-state index in [1.165, 1.54) is 0 Å². The molecule has 0 spiro atoms. The van der Waals surface area contributed by atoms with Crippen molar-refractivity contribution < 1.29 is 17.2 Å². The number of hydrogen-bond donors (Lipinski definition) is 1. The van der Waals surface area contributed by atoms with Crippen LogP contribution in [0.15, 0.2) is 89.8 Å². The van der Waals surface area contributed by atoms with Gasteiger partial charge in [-0.25, -0.2) is 3.63 Å². The van der Waals surface area contributed by atoms with Crippen LogP contribution in [0.3, 0.4) is 0 Å². The fourth-order valence-corrected chi connectivity index (χ4v) is 7.85. The van der Waals surface area contributed by atoms with Gasteiger partial charge in [-0.1, -0.05) is 83.1 Å². The van der Waals surface area contributed by atoms with Crippen LogP contribution in [0, 0.1) is 0 Å². The minimum absolute atomic E-state index is 0.0424. The van der Waals surface area contributed by atoms with Crippen molar-refractivity contribution in [3.8, 4) is 5.75 Å². The van der Waals surface area contributed by atoms with Gasteiger partial charge in [0.1, 0.15) is 11.5 Å². The molecule has 1 atom stereocenters. The SMILES string of the molecule is CS(Cc1ccccc1)(OS(=O)(=O)Cc1ccccc1)c1ccccc1O. The Balaban J connectivity index is 1.96. The molecule has 0 amide bonds. The average Bonchev–Trinajstić information content (AvgIpc) is 2.62. The zero-order valence-electron chi connectivity index (χ0n) is 15.0. The maximum atomic E-state index is 12.8. The number of phenolic OH excluding ortho intramolecular Hbond substituents is 1. The number of aromatic hydroxyl groups is 1. The Hall–Kier alpha value is -2.28. The van der Waals surface area contributed by atoms with Crippen LogP contribution in [-0.4, -0.2) is 19.8 Å². The standard InChI is InChI=1S/C21H22O4S2/c1-26(16-18-10-4-2-5-11-18,21-15-9-8-14-20(21)22)25-27(23,24)17-19-12-6-3-7-13-19/h2-15,22H,16-17H2,1H3. The zero-order chi connectivity index (χ0) is 19.3. The maximum Gasteiger partial charge on any atom is 0.281 e. The summed E-state index contributed by atoms with van der Waals surface area (Å²) in [7, 11) is -6.17. The summed E-state index contributed by atoms with van der Waals surface area (Å²) >= 11 is 0. The third kappa shape index (κ3) is 5.13. The first kappa shape index (κ1) is 19.5. The molecule has 1 N–H and O–H groups in total. The average molecular weight is 403 g/mol. The summed E-state index contributed by atoms with van der Waals surface area (Å²) in [6.07, 6.45) is 1.78. The molecule has 0 bridgehead atoms. The molecule has 3 rings (SSSR count). The van der Waals surface area contributed by atoms with Gasteiger partial charge in [-0.05, 0) is 29.5 Å². The molecule has 3 aromatic rings. The summed E-state index contributed by atoms with van der Waals surface area (Å²) in [5.74, 6) is 0.221. The van der Waals surface area contributed by atoms with Gasteiger partial charge in [0.25, 0.3) is 10.1 Å². The van der Waals surface area contributed by atoms with E-state index in [1.807, 2.05) is 36.4 Å². The highest BCUT2D eigenvalue weighted by Crippen LogP contribution is 2.60. The van der Waals surface area contributed by atoms with Crippen molar-refractivity contribution in [1.82, 2.24) is 0 Å². The van der Waals surface area contributed by atoms with Gasteiger partial charge < -0.3 is 5.11 Å². The van der Waals surface area contributed by atoms with Crippen molar-refractivity contribution in [2.75, 3.05) is 6.26 Å². The molecule has 142 valence electrons. The van der Waals surface area contributed by atoms with Crippen LogP contribution >= 0.6 is 10.3 Å². The van der Waals surface area contributed by atoms with Gasteiger partial charge in [0.2, 0.25) is 0 Å². The molecular formula is C21H22O4S2. The van der Waals surface area contributed by atoms with Crippen LogP contribution in [0.2, 0.25) is 0 Å². The van der Waals surface area contributed by atoms with E-state index in [2.05, 4.69) is 0 Å². The summed E-state index contributed by atoms with van der Waals surface area (Å²) in [5.41, 5.74) is 1.62. The number of hydrogen-bond acceptors (Lipinski definition) is 4. The van der Waals surface area contributed by atoms with Crippen LogP contribution in [0.25, 0.3) is 0 Å². The summed E-state index contributed by atoms with van der Waals surface area (Å²) in [5, 5.41) is 10.4. The molecule has 27 heavy (non-hydrogen) atoms. The normalized spacial score (nSPS) is 15.0. The molecule has 0 aromatic heterocycles. The third-order valence-electron chi connectivity index (χ3n) is 4.06. The molecular weight excluding hydrogens is 380 g/mol. The Labute approximate surface area is 162 Å². The van der Waals surface area contributed by atoms with Crippen molar-refractivity contribution >= 4 is 20.4 Å². The fourth-order valence-electron chi connectivity index (χ4n) is 2.88. The van der Waals surface area contributed by atoms with Gasteiger partial charge in [-0.15, -0.1) is 0 Å². The molecule has 6 heteroatoms. The Morgan fingerprint density at radius 1 is 0.741 bits per heavy atom. The first-order valence-corrected chi connectivity index (χ1v) is 12.1. The predicted molar refractivity (Wildman–Crippen MR) is 110 cm³/mol. The van der Waals surface area contributed by atoms with E-state index >= 15 is 0 Å². The highest BCUT2D eigenvalue weighted by Gasteiger charge is 2.31. The molecule has 0 saturated heterocycles. The Morgan fingerprint density at radius 3 is 1.78 bits per heavy atom. The van der Waals surface area contributed by atoms with Crippen molar-refractivity contribution in [2.24, 2.45) is 0 Å². The molecule has 0 saturated carbocycles. The Bertz CT molecular complexity index is 989. The van der Waals surface area contributed by atoms with E-state index in [4.69, 9.17) is 3.63 Å². The smallest absolute Gasteiger partial charge is 0.281 e. The van der Waals surface area contributed by atoms with Crippen molar-refractivity contribution in [2.45, 2.75) is 16.4 Å². The van der Waals surface area contributed by atoms with Gasteiger partial charge >= 0.3 is 0 Å². The van der Waals surface area contributed by atoms with Crippen LogP contribution < -0.4 is 0 Å². The first-order chi connectivity index (χ1) is 12.9. The van der Waals surface area contributed by atoms with Crippen LogP contribution in [0.5, 0.6) is 5.75 Å². The van der Waals surface area contributed by atoms with Crippen LogP contribution in [-0.2, 0) is 25.3 Å². The molecule has 0 aliphatic carbocycles. The van der Waals surface area contributed by atoms with Crippen LogP contribution in [0.1, 0.15) is 11.1 Å². The second-order valence-corrected chi connectivity index (χ2v) is 11.0. The molecule has 0 aliphatic heterocycles. The number of benzene rings is 3. The van der Waals surface area contributed by atoms with Gasteiger partial charge in [0.05, 0.1) is 4.90 Å². The molecule has 1 unspecified atom stereocenters. The summed E-state index contributed by atoms with van der Waals surface area (Å²) in [6, 6.07) is 25.3. The highest BCUT2D eigenvalue weighted by atomic mass is 32.3. The van der Waals surface area contributed by atoms with Crippen molar-refractivity contribution in [1.29, 1.82) is 0 Å².